The first kappa shape index (κ1) is 16.2. The van der Waals surface area contributed by atoms with Gasteiger partial charge in [-0.05, 0) is 53.6 Å². The number of thiophene rings is 1. The van der Waals surface area contributed by atoms with Crippen molar-refractivity contribution in [2.45, 2.75) is 27.2 Å². The second-order valence-electron chi connectivity index (χ2n) is 7.23. The molecule has 0 unspecified atom stereocenters. The molecule has 0 atom stereocenters. The summed E-state index contributed by atoms with van der Waals surface area (Å²) in [5.74, 6) is 0.658. The van der Waals surface area contributed by atoms with Crippen LogP contribution in [0.15, 0.2) is 48.8 Å². The summed E-state index contributed by atoms with van der Waals surface area (Å²) in [6.07, 6.45) is 3.06. The lowest BCUT2D eigenvalue weighted by molar-refractivity contribution is -0.662. The monoisotopic (exact) mass is 347 g/mol. The molecule has 0 aliphatic rings. The summed E-state index contributed by atoms with van der Waals surface area (Å²) in [5, 5.41) is 1.25. The number of hydrogen-bond donors (Lipinski definition) is 0. The Morgan fingerprint density at radius 2 is 1.92 bits per heavy atom. The van der Waals surface area contributed by atoms with E-state index in [1.54, 1.807) is 0 Å². The molecular weight excluding hydrogens is 324 g/mol. The van der Waals surface area contributed by atoms with E-state index in [2.05, 4.69) is 74.9 Å². The lowest BCUT2D eigenvalue weighted by Gasteiger charge is -2.11. The minimum absolute atomic E-state index is 0.658. The third kappa shape index (κ3) is 2.83. The van der Waals surface area contributed by atoms with Gasteiger partial charge in [0.15, 0.2) is 5.69 Å². The highest BCUT2D eigenvalue weighted by molar-refractivity contribution is 7.26. The summed E-state index contributed by atoms with van der Waals surface area (Å²) in [7, 11) is 2.10. The molecule has 0 radical (unpaired) electrons. The number of benzene rings is 2. The molecule has 25 heavy (non-hydrogen) atoms. The van der Waals surface area contributed by atoms with Crippen LogP contribution in [0.25, 0.3) is 31.6 Å². The van der Waals surface area contributed by atoms with Gasteiger partial charge in [-0.15, -0.1) is 11.3 Å². The molecule has 126 valence electrons. The third-order valence-electron chi connectivity index (χ3n) is 4.70. The number of rotatable bonds is 3. The van der Waals surface area contributed by atoms with Gasteiger partial charge in [0, 0.05) is 15.6 Å². The average molecular weight is 348 g/mol. The summed E-state index contributed by atoms with van der Waals surface area (Å²) >= 11 is 1.84. The molecule has 3 heteroatoms. The van der Waals surface area contributed by atoms with Crippen LogP contribution in [0.4, 0.5) is 0 Å². The van der Waals surface area contributed by atoms with E-state index in [-0.39, 0.29) is 0 Å². The van der Waals surface area contributed by atoms with Crippen LogP contribution in [0.5, 0.6) is 0 Å². The van der Waals surface area contributed by atoms with Crippen molar-refractivity contribution >= 4 is 31.6 Å². The number of aryl methyl sites for hydroxylation is 2. The molecule has 0 saturated carbocycles. The highest BCUT2D eigenvalue weighted by Gasteiger charge is 2.21. The maximum atomic E-state index is 4.73. The third-order valence-corrected chi connectivity index (χ3v) is 5.86. The first-order valence-corrected chi connectivity index (χ1v) is 9.62. The summed E-state index contributed by atoms with van der Waals surface area (Å²) in [6.45, 7) is 6.75. The molecule has 2 nitrogen and oxygen atoms in total. The fourth-order valence-corrected chi connectivity index (χ4v) is 4.77. The molecule has 0 bridgehead atoms. The quantitative estimate of drug-likeness (QED) is 0.450. The predicted octanol–water partition coefficient (Wildman–Crippen LogP) is 5.45. The van der Waals surface area contributed by atoms with Crippen LogP contribution in [0.2, 0.25) is 0 Å². The van der Waals surface area contributed by atoms with Crippen molar-refractivity contribution in [2.75, 3.05) is 0 Å². The zero-order valence-corrected chi connectivity index (χ0v) is 16.0. The van der Waals surface area contributed by atoms with Gasteiger partial charge in [0.25, 0.3) is 6.33 Å². The van der Waals surface area contributed by atoms with Crippen molar-refractivity contribution < 1.29 is 4.57 Å². The van der Waals surface area contributed by atoms with E-state index >= 15 is 0 Å². The van der Waals surface area contributed by atoms with Crippen LogP contribution in [-0.4, -0.2) is 4.98 Å². The number of fused-ring (bicyclic) bond motifs is 3. The Bertz CT molecular complexity index is 1080. The van der Waals surface area contributed by atoms with Crippen LogP contribution in [0.1, 0.15) is 25.0 Å². The average Bonchev–Trinajstić information content (AvgIpc) is 2.95. The first-order chi connectivity index (χ1) is 12.0. The topological polar surface area (TPSA) is 16.8 Å². The second kappa shape index (κ2) is 6.23. The molecule has 0 fully saturated rings. The Labute approximate surface area is 152 Å². The molecule has 2 aromatic heterocycles. The van der Waals surface area contributed by atoms with Gasteiger partial charge in [0.2, 0.25) is 5.52 Å². The largest absolute Gasteiger partial charge is 0.287 e. The second-order valence-corrected chi connectivity index (χ2v) is 8.28. The van der Waals surface area contributed by atoms with Crippen molar-refractivity contribution in [1.29, 1.82) is 0 Å². The van der Waals surface area contributed by atoms with Gasteiger partial charge in [-0.2, -0.15) is 0 Å². The molecule has 0 aliphatic heterocycles. The van der Waals surface area contributed by atoms with E-state index in [9.17, 15) is 0 Å². The lowest BCUT2D eigenvalue weighted by atomic mass is 9.96. The molecule has 2 heterocycles. The van der Waals surface area contributed by atoms with E-state index < -0.39 is 0 Å². The van der Waals surface area contributed by atoms with Gasteiger partial charge >= 0.3 is 0 Å². The van der Waals surface area contributed by atoms with Crippen molar-refractivity contribution in [3.05, 3.63) is 59.9 Å². The standard InChI is InChI=1S/C22H23N2S/c1-14(2)11-16-10-9-15(3)18(12-16)21-22-20(23-13-24(21)4)17-7-5-6-8-19(17)25-22/h5-10,12-14H,11H2,1-4H3/q+1. The Balaban J connectivity index is 2.02. The Morgan fingerprint density at radius 1 is 1.12 bits per heavy atom. The van der Waals surface area contributed by atoms with Gasteiger partial charge in [-0.25, -0.2) is 4.57 Å². The fraction of sp³-hybridized carbons (Fsp3) is 0.273. The Hall–Kier alpha value is -2.26. The van der Waals surface area contributed by atoms with Crippen molar-refractivity contribution in [2.24, 2.45) is 13.0 Å². The summed E-state index contributed by atoms with van der Waals surface area (Å²) in [6, 6.07) is 15.5. The van der Waals surface area contributed by atoms with Crippen LogP contribution in [-0.2, 0) is 13.5 Å². The van der Waals surface area contributed by atoms with Gasteiger partial charge in [-0.1, -0.05) is 38.1 Å². The molecule has 0 N–H and O–H groups in total. The zero-order valence-electron chi connectivity index (χ0n) is 15.2. The van der Waals surface area contributed by atoms with Gasteiger partial charge in [0.05, 0.1) is 7.05 Å². The molecule has 0 aliphatic carbocycles. The highest BCUT2D eigenvalue weighted by Crippen LogP contribution is 2.37. The number of hydrogen-bond acceptors (Lipinski definition) is 2. The smallest absolute Gasteiger partial charge is 0.231 e. The SMILES string of the molecule is Cc1ccc(CC(C)C)cc1-c1c2sc3ccccc3c2nc[n+]1C. The minimum atomic E-state index is 0.658. The molecule has 4 aromatic rings. The van der Waals surface area contributed by atoms with Crippen LogP contribution in [0.3, 0.4) is 0 Å². The highest BCUT2D eigenvalue weighted by atomic mass is 32.1. The zero-order chi connectivity index (χ0) is 17.6. The fourth-order valence-electron chi connectivity index (χ4n) is 3.52. The number of aromatic nitrogens is 2. The maximum Gasteiger partial charge on any atom is 0.287 e. The molecule has 0 spiro atoms. The van der Waals surface area contributed by atoms with Crippen molar-refractivity contribution in [1.82, 2.24) is 4.98 Å². The predicted molar refractivity (Wildman–Crippen MR) is 107 cm³/mol. The molecule has 0 saturated heterocycles. The summed E-state index contributed by atoms with van der Waals surface area (Å²) < 4.78 is 4.74. The molecule has 4 rings (SSSR count). The summed E-state index contributed by atoms with van der Waals surface area (Å²) in [5.41, 5.74) is 6.42. The van der Waals surface area contributed by atoms with E-state index in [1.807, 2.05) is 17.7 Å². The molecule has 0 amide bonds. The van der Waals surface area contributed by atoms with E-state index in [1.165, 1.54) is 37.2 Å². The first-order valence-electron chi connectivity index (χ1n) is 8.80. The van der Waals surface area contributed by atoms with Crippen molar-refractivity contribution in [3.8, 4) is 11.3 Å². The summed E-state index contributed by atoms with van der Waals surface area (Å²) in [4.78, 5) is 4.73. The van der Waals surface area contributed by atoms with Crippen LogP contribution in [0, 0.1) is 12.8 Å². The Morgan fingerprint density at radius 3 is 2.72 bits per heavy atom. The van der Waals surface area contributed by atoms with E-state index in [0.29, 0.717) is 5.92 Å². The maximum absolute atomic E-state index is 4.73. The Kier molecular flexibility index (Phi) is 4.04. The van der Waals surface area contributed by atoms with Crippen molar-refractivity contribution in [3.63, 3.8) is 0 Å². The van der Waals surface area contributed by atoms with E-state index in [4.69, 9.17) is 4.98 Å². The lowest BCUT2D eigenvalue weighted by Crippen LogP contribution is -2.31. The number of nitrogens with zero attached hydrogens (tertiary/aromatic N) is 2. The van der Waals surface area contributed by atoms with Gasteiger partial charge in [-0.3, -0.25) is 0 Å². The normalized spacial score (nSPS) is 11.7. The van der Waals surface area contributed by atoms with E-state index in [0.717, 1.165) is 11.9 Å². The van der Waals surface area contributed by atoms with Gasteiger partial charge < -0.3 is 0 Å². The molecule has 2 aromatic carbocycles. The van der Waals surface area contributed by atoms with Crippen LogP contribution >= 0.6 is 11.3 Å². The van der Waals surface area contributed by atoms with Crippen LogP contribution < -0.4 is 4.57 Å². The van der Waals surface area contributed by atoms with Gasteiger partial charge in [0.1, 0.15) is 4.70 Å². The molecular formula is C22H23N2S+. The minimum Gasteiger partial charge on any atom is -0.231 e.